The Morgan fingerprint density at radius 1 is 1.23 bits per heavy atom. The number of nitrogens with zero attached hydrogens (tertiary/aromatic N) is 3. The van der Waals surface area contributed by atoms with Gasteiger partial charge in [0.25, 0.3) is 0 Å². The first-order chi connectivity index (χ1) is 12.8. The van der Waals surface area contributed by atoms with Crippen molar-refractivity contribution in [3.05, 3.63) is 54.1 Å². The average Bonchev–Trinajstić information content (AvgIpc) is 2.96. The zero-order valence-electron chi connectivity index (χ0n) is 15.2. The molecule has 2 aromatic rings. The van der Waals surface area contributed by atoms with Gasteiger partial charge in [-0.15, -0.1) is 0 Å². The predicted octanol–water partition coefficient (Wildman–Crippen LogP) is 2.20. The summed E-state index contributed by atoms with van der Waals surface area (Å²) < 4.78 is 5.28. The zero-order chi connectivity index (χ0) is 18.2. The second kappa shape index (κ2) is 9.29. The minimum absolute atomic E-state index is 0.133. The average molecular weight is 354 g/mol. The number of hydrogen-bond donors (Lipinski definition) is 1. The lowest BCUT2D eigenvalue weighted by molar-refractivity contribution is -0.133. The molecule has 6 nitrogen and oxygen atoms in total. The van der Waals surface area contributed by atoms with Gasteiger partial charge in [-0.1, -0.05) is 12.1 Å². The van der Waals surface area contributed by atoms with Crippen molar-refractivity contribution in [3.8, 4) is 5.75 Å². The molecule has 1 aliphatic rings. The first kappa shape index (κ1) is 18.3. The van der Waals surface area contributed by atoms with E-state index in [9.17, 15) is 4.79 Å². The normalized spacial score (nSPS) is 17.3. The van der Waals surface area contributed by atoms with Crippen LogP contribution in [0.25, 0.3) is 0 Å². The van der Waals surface area contributed by atoms with Gasteiger partial charge >= 0.3 is 0 Å². The summed E-state index contributed by atoms with van der Waals surface area (Å²) in [5.41, 5.74) is 1.93. The molecule has 6 heteroatoms. The summed E-state index contributed by atoms with van der Waals surface area (Å²) in [4.78, 5) is 23.3. The maximum absolute atomic E-state index is 13.2. The van der Waals surface area contributed by atoms with Gasteiger partial charge in [-0.3, -0.25) is 4.79 Å². The Hall–Kier alpha value is -2.47. The number of nitrogens with one attached hydrogen (secondary N) is 1. The van der Waals surface area contributed by atoms with E-state index in [-0.39, 0.29) is 11.9 Å². The summed E-state index contributed by atoms with van der Waals surface area (Å²) in [6.07, 6.45) is 8.53. The number of amides is 1. The minimum Gasteiger partial charge on any atom is -0.497 e. The van der Waals surface area contributed by atoms with Crippen molar-refractivity contribution in [1.29, 1.82) is 0 Å². The molecule has 2 heterocycles. The zero-order valence-corrected chi connectivity index (χ0v) is 15.2. The Kier molecular flexibility index (Phi) is 6.55. The van der Waals surface area contributed by atoms with Crippen molar-refractivity contribution >= 4 is 5.91 Å². The molecule has 26 heavy (non-hydrogen) atoms. The van der Waals surface area contributed by atoms with Crippen molar-refractivity contribution in [3.63, 3.8) is 0 Å². The highest BCUT2D eigenvalue weighted by Crippen LogP contribution is 2.19. The van der Waals surface area contributed by atoms with Crippen molar-refractivity contribution in [2.24, 2.45) is 0 Å². The Morgan fingerprint density at radius 2 is 2.08 bits per heavy atom. The number of hydrogen-bond acceptors (Lipinski definition) is 5. The molecule has 1 atom stereocenters. The molecule has 1 aliphatic heterocycles. The van der Waals surface area contributed by atoms with Crippen LogP contribution in [0.1, 0.15) is 30.4 Å². The molecule has 1 fully saturated rings. The van der Waals surface area contributed by atoms with E-state index in [1.165, 1.54) is 6.33 Å². The lowest BCUT2D eigenvalue weighted by Gasteiger charge is -2.31. The van der Waals surface area contributed by atoms with E-state index < -0.39 is 0 Å². The van der Waals surface area contributed by atoms with E-state index in [2.05, 4.69) is 15.3 Å². The van der Waals surface area contributed by atoms with Crippen LogP contribution in [-0.4, -0.2) is 47.0 Å². The van der Waals surface area contributed by atoms with E-state index in [4.69, 9.17) is 4.74 Å². The van der Waals surface area contributed by atoms with E-state index >= 15 is 0 Å². The molecule has 1 saturated heterocycles. The van der Waals surface area contributed by atoms with Gasteiger partial charge in [-0.05, 0) is 50.0 Å². The third-order valence-electron chi connectivity index (χ3n) is 4.76. The fourth-order valence-corrected chi connectivity index (χ4v) is 3.40. The van der Waals surface area contributed by atoms with Crippen LogP contribution in [0.4, 0.5) is 0 Å². The lowest BCUT2D eigenvalue weighted by atomic mass is 10.0. The van der Waals surface area contributed by atoms with Crippen LogP contribution >= 0.6 is 0 Å². The minimum atomic E-state index is 0.133. The van der Waals surface area contributed by atoms with Crippen LogP contribution in [0.2, 0.25) is 0 Å². The second-order valence-corrected chi connectivity index (χ2v) is 6.63. The van der Waals surface area contributed by atoms with Gasteiger partial charge in [0.05, 0.1) is 13.5 Å². The summed E-state index contributed by atoms with van der Waals surface area (Å²) in [6.45, 7) is 2.51. The Morgan fingerprint density at radius 3 is 2.88 bits per heavy atom. The molecule has 0 spiro atoms. The van der Waals surface area contributed by atoms with Crippen LogP contribution in [0.3, 0.4) is 0 Å². The fourth-order valence-electron chi connectivity index (χ4n) is 3.40. The lowest BCUT2D eigenvalue weighted by Crippen LogP contribution is -2.41. The monoisotopic (exact) mass is 354 g/mol. The van der Waals surface area contributed by atoms with Crippen molar-refractivity contribution in [1.82, 2.24) is 20.2 Å². The largest absolute Gasteiger partial charge is 0.497 e. The van der Waals surface area contributed by atoms with Crippen LogP contribution in [-0.2, 0) is 17.8 Å². The summed E-state index contributed by atoms with van der Waals surface area (Å²) in [5, 5.41) is 3.42. The van der Waals surface area contributed by atoms with Gasteiger partial charge < -0.3 is 15.0 Å². The first-order valence-corrected chi connectivity index (χ1v) is 9.13. The number of carbonyl (C=O) groups excluding carboxylic acids is 1. The van der Waals surface area contributed by atoms with E-state index in [0.29, 0.717) is 13.0 Å². The van der Waals surface area contributed by atoms with Crippen LogP contribution in [0.15, 0.2) is 43.0 Å². The number of benzene rings is 1. The van der Waals surface area contributed by atoms with E-state index in [0.717, 1.165) is 49.2 Å². The Bertz CT molecular complexity index is 700. The number of aromatic nitrogens is 2. The molecule has 3 rings (SSSR count). The molecule has 1 N–H and O–H groups in total. The van der Waals surface area contributed by atoms with Crippen LogP contribution in [0.5, 0.6) is 5.75 Å². The summed E-state index contributed by atoms with van der Waals surface area (Å²) in [6, 6.07) is 7.95. The Labute approximate surface area is 154 Å². The third-order valence-corrected chi connectivity index (χ3v) is 4.76. The van der Waals surface area contributed by atoms with E-state index in [1.54, 1.807) is 19.5 Å². The Balaban J connectivity index is 1.77. The van der Waals surface area contributed by atoms with Gasteiger partial charge in [0.1, 0.15) is 12.1 Å². The van der Waals surface area contributed by atoms with Crippen molar-refractivity contribution in [2.75, 3.05) is 20.2 Å². The van der Waals surface area contributed by atoms with E-state index in [1.807, 2.05) is 29.2 Å². The highest BCUT2D eigenvalue weighted by Gasteiger charge is 2.25. The maximum atomic E-state index is 13.2. The molecular formula is C20H26N4O2. The maximum Gasteiger partial charge on any atom is 0.227 e. The highest BCUT2D eigenvalue weighted by atomic mass is 16.5. The molecule has 1 unspecified atom stereocenters. The summed E-state index contributed by atoms with van der Waals surface area (Å²) >= 11 is 0. The molecule has 0 aliphatic carbocycles. The van der Waals surface area contributed by atoms with Crippen molar-refractivity contribution < 1.29 is 9.53 Å². The number of rotatable bonds is 6. The van der Waals surface area contributed by atoms with Crippen LogP contribution < -0.4 is 10.1 Å². The molecule has 0 bridgehead atoms. The molecular weight excluding hydrogens is 328 g/mol. The number of methoxy groups -OCH3 is 1. The van der Waals surface area contributed by atoms with Gasteiger partial charge in [-0.2, -0.15) is 0 Å². The molecule has 1 amide bonds. The standard InChI is InChI=1S/C20H26N4O2/c1-26-19-6-2-4-16(10-19)11-20(25)24(14-17-12-22-15-23-13-17)18-5-3-8-21-9-7-18/h2,4,6,10,12-13,15,18,21H,3,5,7-9,11,14H2,1H3. The predicted molar refractivity (Wildman–Crippen MR) is 99.8 cm³/mol. The quantitative estimate of drug-likeness (QED) is 0.861. The smallest absolute Gasteiger partial charge is 0.227 e. The van der Waals surface area contributed by atoms with Crippen molar-refractivity contribution in [2.45, 2.75) is 38.3 Å². The topological polar surface area (TPSA) is 67.3 Å². The number of ether oxygens (including phenoxy) is 1. The summed E-state index contributed by atoms with van der Waals surface area (Å²) in [7, 11) is 1.64. The van der Waals surface area contributed by atoms with Gasteiger partial charge in [-0.25, -0.2) is 9.97 Å². The van der Waals surface area contributed by atoms with Gasteiger partial charge in [0, 0.05) is 30.5 Å². The first-order valence-electron chi connectivity index (χ1n) is 9.13. The second-order valence-electron chi connectivity index (χ2n) is 6.63. The summed E-state index contributed by atoms with van der Waals surface area (Å²) in [5.74, 6) is 0.908. The van der Waals surface area contributed by atoms with Gasteiger partial charge in [0.2, 0.25) is 5.91 Å². The SMILES string of the molecule is COc1cccc(CC(=O)N(Cc2cncnc2)C2CCCNCC2)c1. The molecule has 1 aromatic heterocycles. The molecule has 0 radical (unpaired) electrons. The highest BCUT2D eigenvalue weighted by molar-refractivity contribution is 5.79. The molecule has 0 saturated carbocycles. The third kappa shape index (κ3) is 5.02. The number of carbonyl (C=O) groups is 1. The molecule has 138 valence electrons. The van der Waals surface area contributed by atoms with Gasteiger partial charge in [0.15, 0.2) is 0 Å². The van der Waals surface area contributed by atoms with Crippen LogP contribution in [0, 0.1) is 0 Å². The molecule has 1 aromatic carbocycles. The fraction of sp³-hybridized carbons (Fsp3) is 0.450.